The molecule has 5 unspecified atom stereocenters. The van der Waals surface area contributed by atoms with Gasteiger partial charge in [0.1, 0.15) is 0 Å². The highest BCUT2D eigenvalue weighted by atomic mass is 14.4. The van der Waals surface area contributed by atoms with Gasteiger partial charge in [-0.15, -0.1) is 0 Å². The van der Waals surface area contributed by atoms with Crippen LogP contribution in [0.3, 0.4) is 0 Å². The molecular formula is C16H24. The molecule has 3 aliphatic carbocycles. The Morgan fingerprint density at radius 2 is 1.88 bits per heavy atom. The molecule has 0 aromatic heterocycles. The molecule has 0 aromatic rings. The first-order valence-corrected chi connectivity index (χ1v) is 7.21. The van der Waals surface area contributed by atoms with Gasteiger partial charge in [-0.05, 0) is 68.1 Å². The van der Waals surface area contributed by atoms with Gasteiger partial charge in [0.2, 0.25) is 0 Å². The van der Waals surface area contributed by atoms with Crippen molar-refractivity contribution in [3.05, 3.63) is 24.3 Å². The van der Waals surface area contributed by atoms with E-state index >= 15 is 0 Å². The SMILES string of the molecule is CCC1C=CCC1CC1CCC2C=CCC21. The minimum atomic E-state index is 0.897. The Balaban J connectivity index is 1.59. The van der Waals surface area contributed by atoms with Gasteiger partial charge < -0.3 is 0 Å². The molecule has 0 nitrogen and oxygen atoms in total. The highest BCUT2D eigenvalue weighted by Gasteiger charge is 2.38. The molecule has 0 aromatic carbocycles. The molecule has 16 heavy (non-hydrogen) atoms. The average molecular weight is 216 g/mol. The van der Waals surface area contributed by atoms with Gasteiger partial charge in [-0.1, -0.05) is 31.2 Å². The molecular weight excluding hydrogens is 192 g/mol. The first-order valence-electron chi connectivity index (χ1n) is 7.21. The lowest BCUT2D eigenvalue weighted by Gasteiger charge is -2.25. The number of rotatable bonds is 3. The van der Waals surface area contributed by atoms with Gasteiger partial charge in [0.15, 0.2) is 0 Å². The lowest BCUT2D eigenvalue weighted by atomic mass is 9.80. The summed E-state index contributed by atoms with van der Waals surface area (Å²) in [6.07, 6.45) is 18.4. The maximum absolute atomic E-state index is 2.49. The number of allylic oxidation sites excluding steroid dienone is 4. The fourth-order valence-corrected chi connectivity index (χ4v) is 4.38. The Hall–Kier alpha value is -0.520. The molecule has 0 spiro atoms. The van der Waals surface area contributed by atoms with E-state index in [4.69, 9.17) is 0 Å². The van der Waals surface area contributed by atoms with Gasteiger partial charge in [0.05, 0.1) is 0 Å². The van der Waals surface area contributed by atoms with E-state index in [9.17, 15) is 0 Å². The van der Waals surface area contributed by atoms with Crippen LogP contribution in [0.15, 0.2) is 24.3 Å². The maximum atomic E-state index is 2.49. The van der Waals surface area contributed by atoms with Crippen LogP contribution < -0.4 is 0 Å². The zero-order chi connectivity index (χ0) is 11.0. The van der Waals surface area contributed by atoms with E-state index in [1.54, 1.807) is 0 Å². The maximum Gasteiger partial charge on any atom is -0.0199 e. The predicted molar refractivity (Wildman–Crippen MR) is 69.1 cm³/mol. The second kappa shape index (κ2) is 4.39. The number of hydrogen-bond acceptors (Lipinski definition) is 0. The van der Waals surface area contributed by atoms with Crippen LogP contribution in [0.2, 0.25) is 0 Å². The lowest BCUT2D eigenvalue weighted by molar-refractivity contribution is 0.262. The van der Waals surface area contributed by atoms with E-state index < -0.39 is 0 Å². The van der Waals surface area contributed by atoms with E-state index in [1.165, 1.54) is 38.5 Å². The lowest BCUT2D eigenvalue weighted by Crippen LogP contribution is -2.17. The summed E-state index contributed by atoms with van der Waals surface area (Å²) in [5, 5.41) is 0. The topological polar surface area (TPSA) is 0 Å². The zero-order valence-corrected chi connectivity index (χ0v) is 10.4. The Morgan fingerprint density at radius 3 is 2.75 bits per heavy atom. The molecule has 1 saturated carbocycles. The Labute approximate surface area is 99.8 Å². The molecule has 88 valence electrons. The highest BCUT2D eigenvalue weighted by molar-refractivity contribution is 5.08. The average Bonchev–Trinajstić information content (AvgIpc) is 2.96. The minimum Gasteiger partial charge on any atom is -0.0880 e. The van der Waals surface area contributed by atoms with Crippen molar-refractivity contribution >= 4 is 0 Å². The van der Waals surface area contributed by atoms with Crippen LogP contribution in [-0.2, 0) is 0 Å². The summed E-state index contributed by atoms with van der Waals surface area (Å²) in [5.41, 5.74) is 0. The fourth-order valence-electron chi connectivity index (χ4n) is 4.38. The molecule has 0 aliphatic heterocycles. The van der Waals surface area contributed by atoms with Crippen molar-refractivity contribution in [3.63, 3.8) is 0 Å². The van der Waals surface area contributed by atoms with E-state index in [0.29, 0.717) is 0 Å². The van der Waals surface area contributed by atoms with E-state index in [1.807, 2.05) is 0 Å². The van der Waals surface area contributed by atoms with Crippen LogP contribution in [-0.4, -0.2) is 0 Å². The standard InChI is InChI=1S/C16H24/c1-2-12-5-3-7-14(12)11-15-10-9-13-6-4-8-16(13)15/h3-6,12-16H,2,7-11H2,1H3. The second-order valence-corrected chi connectivity index (χ2v) is 6.06. The fraction of sp³-hybridized carbons (Fsp3) is 0.750. The summed E-state index contributed by atoms with van der Waals surface area (Å²) in [6.45, 7) is 2.35. The van der Waals surface area contributed by atoms with E-state index in [2.05, 4.69) is 31.2 Å². The van der Waals surface area contributed by atoms with Gasteiger partial charge in [-0.2, -0.15) is 0 Å². The normalized spacial score (nSPS) is 45.4. The highest BCUT2D eigenvalue weighted by Crippen LogP contribution is 2.48. The molecule has 0 N–H and O–H groups in total. The summed E-state index contributed by atoms with van der Waals surface area (Å²) >= 11 is 0. The summed E-state index contributed by atoms with van der Waals surface area (Å²) < 4.78 is 0. The van der Waals surface area contributed by atoms with Crippen LogP contribution in [0, 0.1) is 29.6 Å². The van der Waals surface area contributed by atoms with Gasteiger partial charge in [-0.25, -0.2) is 0 Å². The molecule has 0 amide bonds. The molecule has 1 fully saturated rings. The smallest absolute Gasteiger partial charge is 0.0199 e. The molecule has 5 atom stereocenters. The van der Waals surface area contributed by atoms with Crippen molar-refractivity contribution < 1.29 is 0 Å². The quantitative estimate of drug-likeness (QED) is 0.606. The second-order valence-electron chi connectivity index (χ2n) is 6.06. The zero-order valence-electron chi connectivity index (χ0n) is 10.4. The first kappa shape index (κ1) is 10.6. The number of fused-ring (bicyclic) bond motifs is 1. The van der Waals surface area contributed by atoms with E-state index in [0.717, 1.165) is 29.6 Å². The number of hydrogen-bond donors (Lipinski definition) is 0. The minimum absolute atomic E-state index is 0.897. The van der Waals surface area contributed by atoms with E-state index in [-0.39, 0.29) is 0 Å². The molecule has 3 rings (SSSR count). The van der Waals surface area contributed by atoms with Crippen molar-refractivity contribution in [2.24, 2.45) is 29.6 Å². The largest absolute Gasteiger partial charge is 0.0880 e. The third kappa shape index (κ3) is 1.77. The van der Waals surface area contributed by atoms with Gasteiger partial charge in [0.25, 0.3) is 0 Å². The van der Waals surface area contributed by atoms with Crippen molar-refractivity contribution in [1.29, 1.82) is 0 Å². The van der Waals surface area contributed by atoms with Gasteiger partial charge >= 0.3 is 0 Å². The predicted octanol–water partition coefficient (Wildman–Crippen LogP) is 4.58. The molecule has 0 heteroatoms. The van der Waals surface area contributed by atoms with Crippen molar-refractivity contribution in [3.8, 4) is 0 Å². The summed E-state index contributed by atoms with van der Waals surface area (Å²) in [4.78, 5) is 0. The molecule has 0 radical (unpaired) electrons. The third-order valence-electron chi connectivity index (χ3n) is 5.32. The third-order valence-corrected chi connectivity index (χ3v) is 5.32. The van der Waals surface area contributed by atoms with Crippen LogP contribution >= 0.6 is 0 Å². The summed E-state index contributed by atoms with van der Waals surface area (Å²) in [6, 6.07) is 0. The Morgan fingerprint density at radius 1 is 1.00 bits per heavy atom. The summed E-state index contributed by atoms with van der Waals surface area (Å²) in [5.74, 6) is 4.90. The van der Waals surface area contributed by atoms with Crippen LogP contribution in [0.1, 0.15) is 45.4 Å². The Bertz CT molecular complexity index is 299. The van der Waals surface area contributed by atoms with Crippen LogP contribution in [0.5, 0.6) is 0 Å². The van der Waals surface area contributed by atoms with Gasteiger partial charge in [0, 0.05) is 0 Å². The molecule has 3 aliphatic rings. The first-order chi connectivity index (χ1) is 7.88. The Kier molecular flexibility index (Phi) is 2.91. The van der Waals surface area contributed by atoms with Crippen molar-refractivity contribution in [2.75, 3.05) is 0 Å². The monoisotopic (exact) mass is 216 g/mol. The molecule has 0 saturated heterocycles. The van der Waals surface area contributed by atoms with Gasteiger partial charge in [-0.3, -0.25) is 0 Å². The van der Waals surface area contributed by atoms with Crippen LogP contribution in [0.25, 0.3) is 0 Å². The molecule has 0 bridgehead atoms. The van der Waals surface area contributed by atoms with Crippen LogP contribution in [0.4, 0.5) is 0 Å². The van der Waals surface area contributed by atoms with Crippen molar-refractivity contribution in [2.45, 2.75) is 45.4 Å². The summed E-state index contributed by atoms with van der Waals surface area (Å²) in [7, 11) is 0. The van der Waals surface area contributed by atoms with Crippen molar-refractivity contribution in [1.82, 2.24) is 0 Å². The molecule has 0 heterocycles.